The second-order valence-electron chi connectivity index (χ2n) is 6.89. The van der Waals surface area contributed by atoms with Gasteiger partial charge in [-0.1, -0.05) is 0 Å². The molecule has 0 radical (unpaired) electrons. The zero-order valence-corrected chi connectivity index (χ0v) is 15.8. The highest BCUT2D eigenvalue weighted by Gasteiger charge is 2.13. The van der Waals surface area contributed by atoms with Crippen LogP contribution >= 0.6 is 0 Å². The van der Waals surface area contributed by atoms with Crippen LogP contribution in [0.5, 0.6) is 0 Å². The topological polar surface area (TPSA) is 54.7 Å². The molecular formula is C22H20FN5O. The van der Waals surface area contributed by atoms with Crippen LogP contribution in [-0.4, -0.2) is 40.7 Å². The van der Waals surface area contributed by atoms with Gasteiger partial charge in [0.15, 0.2) is 11.5 Å². The third kappa shape index (κ3) is 3.52. The Hall–Kier alpha value is -3.45. The molecule has 0 bridgehead atoms. The van der Waals surface area contributed by atoms with Gasteiger partial charge in [-0.2, -0.15) is 0 Å². The molecule has 0 aliphatic carbocycles. The van der Waals surface area contributed by atoms with Gasteiger partial charge >= 0.3 is 0 Å². The van der Waals surface area contributed by atoms with Gasteiger partial charge in [0, 0.05) is 42.4 Å². The minimum atomic E-state index is -0.257. The van der Waals surface area contributed by atoms with Crippen LogP contribution in [-0.2, 0) is 4.74 Å². The van der Waals surface area contributed by atoms with Crippen molar-refractivity contribution >= 4 is 22.8 Å². The van der Waals surface area contributed by atoms with Crippen molar-refractivity contribution in [2.45, 2.75) is 0 Å². The Balaban J connectivity index is 1.41. The third-order valence-electron chi connectivity index (χ3n) is 5.07. The van der Waals surface area contributed by atoms with Gasteiger partial charge in [0.1, 0.15) is 5.82 Å². The number of benzene rings is 2. The Morgan fingerprint density at radius 3 is 2.45 bits per heavy atom. The van der Waals surface area contributed by atoms with Crippen molar-refractivity contribution in [1.82, 2.24) is 14.4 Å². The van der Waals surface area contributed by atoms with E-state index in [4.69, 9.17) is 4.74 Å². The van der Waals surface area contributed by atoms with Crippen molar-refractivity contribution in [2.75, 3.05) is 36.5 Å². The first-order valence-electron chi connectivity index (χ1n) is 9.56. The Labute approximate surface area is 167 Å². The monoisotopic (exact) mass is 389 g/mol. The van der Waals surface area contributed by atoms with Crippen LogP contribution < -0.4 is 10.2 Å². The van der Waals surface area contributed by atoms with E-state index in [1.807, 2.05) is 22.7 Å². The van der Waals surface area contributed by atoms with Gasteiger partial charge in [-0.15, -0.1) is 0 Å². The maximum Gasteiger partial charge on any atom is 0.180 e. The molecule has 0 amide bonds. The molecule has 2 aromatic heterocycles. The van der Waals surface area contributed by atoms with Crippen LogP contribution in [0.15, 0.2) is 67.1 Å². The standard InChI is InChI=1S/C22H20FN5O/c23-17-3-1-16(2-4-17)20-15-25-22-21(24-9-10-28(20)22)26-18-5-7-19(8-6-18)27-11-13-29-14-12-27/h1-10,15H,11-14H2,(H,24,26). The SMILES string of the molecule is Fc1ccc(-c2cnc3c(Nc4ccc(N5CCOCC5)cc4)nccn23)cc1. The summed E-state index contributed by atoms with van der Waals surface area (Å²) < 4.78 is 20.6. The molecule has 1 fully saturated rings. The van der Waals surface area contributed by atoms with Gasteiger partial charge in [-0.3, -0.25) is 4.40 Å². The zero-order valence-electron chi connectivity index (χ0n) is 15.8. The molecule has 1 aliphatic rings. The third-order valence-corrected chi connectivity index (χ3v) is 5.07. The molecule has 0 spiro atoms. The van der Waals surface area contributed by atoms with Gasteiger partial charge in [-0.05, 0) is 48.5 Å². The maximum absolute atomic E-state index is 13.2. The molecule has 4 aromatic rings. The van der Waals surface area contributed by atoms with Gasteiger partial charge in [0.05, 0.1) is 25.1 Å². The van der Waals surface area contributed by atoms with E-state index in [0.29, 0.717) is 11.5 Å². The Kier molecular flexibility index (Phi) is 4.57. The summed E-state index contributed by atoms with van der Waals surface area (Å²) in [5.74, 6) is 0.409. The highest BCUT2D eigenvalue weighted by atomic mass is 19.1. The molecule has 6 nitrogen and oxygen atoms in total. The van der Waals surface area contributed by atoms with E-state index in [1.165, 1.54) is 17.8 Å². The van der Waals surface area contributed by atoms with Crippen LogP contribution in [0.1, 0.15) is 0 Å². The molecule has 3 heterocycles. The predicted octanol–water partition coefficient (Wildman–Crippen LogP) is 4.12. The molecule has 29 heavy (non-hydrogen) atoms. The number of halogens is 1. The summed E-state index contributed by atoms with van der Waals surface area (Å²) in [5.41, 5.74) is 4.61. The largest absolute Gasteiger partial charge is 0.378 e. The highest BCUT2D eigenvalue weighted by Crippen LogP contribution is 2.26. The van der Waals surface area contributed by atoms with E-state index in [2.05, 4.69) is 32.3 Å². The number of nitrogens with zero attached hydrogens (tertiary/aromatic N) is 4. The van der Waals surface area contributed by atoms with E-state index in [0.717, 1.165) is 43.2 Å². The highest BCUT2D eigenvalue weighted by molar-refractivity contribution is 5.74. The van der Waals surface area contributed by atoms with Crippen molar-refractivity contribution in [1.29, 1.82) is 0 Å². The molecule has 2 aromatic carbocycles. The zero-order chi connectivity index (χ0) is 19.6. The molecule has 0 saturated carbocycles. The van der Waals surface area contributed by atoms with Gasteiger partial charge in [0.2, 0.25) is 0 Å². The van der Waals surface area contributed by atoms with E-state index in [1.54, 1.807) is 24.5 Å². The molecule has 1 N–H and O–H groups in total. The number of imidazole rings is 1. The van der Waals surface area contributed by atoms with Crippen molar-refractivity contribution in [3.8, 4) is 11.3 Å². The van der Waals surface area contributed by atoms with E-state index in [9.17, 15) is 4.39 Å². The van der Waals surface area contributed by atoms with Crippen molar-refractivity contribution < 1.29 is 9.13 Å². The second kappa shape index (κ2) is 7.52. The number of anilines is 3. The number of nitrogens with one attached hydrogen (secondary N) is 1. The Morgan fingerprint density at radius 1 is 0.931 bits per heavy atom. The van der Waals surface area contributed by atoms with Crippen molar-refractivity contribution in [3.63, 3.8) is 0 Å². The van der Waals surface area contributed by atoms with Crippen LogP contribution in [0.4, 0.5) is 21.6 Å². The van der Waals surface area contributed by atoms with Crippen molar-refractivity contribution in [2.24, 2.45) is 0 Å². The summed E-state index contributed by atoms with van der Waals surface area (Å²) in [7, 11) is 0. The molecule has 0 atom stereocenters. The summed E-state index contributed by atoms with van der Waals surface area (Å²) in [6, 6.07) is 14.7. The summed E-state index contributed by atoms with van der Waals surface area (Å²) in [6.07, 6.45) is 5.36. The van der Waals surface area contributed by atoms with Crippen LogP contribution in [0.3, 0.4) is 0 Å². The first-order valence-corrected chi connectivity index (χ1v) is 9.56. The molecule has 1 saturated heterocycles. The fourth-order valence-corrected chi connectivity index (χ4v) is 3.56. The Bertz CT molecular complexity index is 1120. The van der Waals surface area contributed by atoms with Gasteiger partial charge in [0.25, 0.3) is 0 Å². The van der Waals surface area contributed by atoms with E-state index < -0.39 is 0 Å². The number of fused-ring (bicyclic) bond motifs is 1. The molecule has 7 heteroatoms. The van der Waals surface area contributed by atoms with Crippen molar-refractivity contribution in [3.05, 3.63) is 72.9 Å². The summed E-state index contributed by atoms with van der Waals surface area (Å²) in [4.78, 5) is 11.3. The molecule has 5 rings (SSSR count). The molecular weight excluding hydrogens is 369 g/mol. The summed E-state index contributed by atoms with van der Waals surface area (Å²) >= 11 is 0. The predicted molar refractivity (Wildman–Crippen MR) is 111 cm³/mol. The number of hydrogen-bond acceptors (Lipinski definition) is 5. The number of morpholine rings is 1. The van der Waals surface area contributed by atoms with Crippen LogP contribution in [0.25, 0.3) is 16.9 Å². The number of aromatic nitrogens is 3. The minimum Gasteiger partial charge on any atom is -0.378 e. The fourth-order valence-electron chi connectivity index (χ4n) is 3.56. The summed E-state index contributed by atoms with van der Waals surface area (Å²) in [6.45, 7) is 3.35. The first kappa shape index (κ1) is 17.6. The number of hydrogen-bond donors (Lipinski definition) is 1. The number of ether oxygens (including phenoxy) is 1. The van der Waals surface area contributed by atoms with Gasteiger partial charge < -0.3 is 15.0 Å². The lowest BCUT2D eigenvalue weighted by molar-refractivity contribution is 0.122. The minimum absolute atomic E-state index is 0.257. The second-order valence-corrected chi connectivity index (χ2v) is 6.89. The normalized spacial score (nSPS) is 14.3. The Morgan fingerprint density at radius 2 is 1.69 bits per heavy atom. The van der Waals surface area contributed by atoms with Crippen LogP contribution in [0.2, 0.25) is 0 Å². The van der Waals surface area contributed by atoms with E-state index >= 15 is 0 Å². The lowest BCUT2D eigenvalue weighted by Gasteiger charge is -2.28. The maximum atomic E-state index is 13.2. The van der Waals surface area contributed by atoms with Crippen LogP contribution in [0, 0.1) is 5.82 Å². The fraction of sp³-hybridized carbons (Fsp3) is 0.182. The quantitative estimate of drug-likeness (QED) is 0.569. The lowest BCUT2D eigenvalue weighted by Crippen LogP contribution is -2.36. The number of rotatable bonds is 4. The molecule has 146 valence electrons. The molecule has 0 unspecified atom stereocenters. The lowest BCUT2D eigenvalue weighted by atomic mass is 10.2. The average molecular weight is 389 g/mol. The van der Waals surface area contributed by atoms with Gasteiger partial charge in [-0.25, -0.2) is 14.4 Å². The summed E-state index contributed by atoms with van der Waals surface area (Å²) in [5, 5.41) is 3.35. The average Bonchev–Trinajstić information content (AvgIpc) is 3.21. The smallest absolute Gasteiger partial charge is 0.180 e. The van der Waals surface area contributed by atoms with E-state index in [-0.39, 0.29) is 5.82 Å². The molecule has 1 aliphatic heterocycles. The first-order chi connectivity index (χ1) is 14.3.